The molecule has 1 unspecified atom stereocenters. The van der Waals surface area contributed by atoms with E-state index in [1.54, 1.807) is 11.8 Å². The number of amides is 1. The van der Waals surface area contributed by atoms with Gasteiger partial charge in [-0.25, -0.2) is 4.98 Å². The molecular formula is C19H19N3O3. The Kier molecular flexibility index (Phi) is 3.87. The second kappa shape index (κ2) is 6.20. The maximum absolute atomic E-state index is 12.7. The van der Waals surface area contributed by atoms with Crippen LogP contribution in [-0.2, 0) is 0 Å². The number of fused-ring (bicyclic) bond motifs is 1. The first-order chi connectivity index (χ1) is 12.1. The normalized spacial score (nSPS) is 17.8. The lowest BCUT2D eigenvalue weighted by molar-refractivity contribution is 0.0668. The Hall–Kier alpha value is -2.89. The Bertz CT molecular complexity index is 956. The van der Waals surface area contributed by atoms with E-state index < -0.39 is 0 Å². The minimum atomic E-state index is -0.235. The number of benzene rings is 1. The molecule has 3 heterocycles. The van der Waals surface area contributed by atoms with Gasteiger partial charge in [-0.3, -0.25) is 9.59 Å². The number of carbonyl (C=O) groups excluding carboxylic acids is 1. The third kappa shape index (κ3) is 3.07. The molecule has 1 saturated heterocycles. The third-order valence-electron chi connectivity index (χ3n) is 4.60. The van der Waals surface area contributed by atoms with E-state index in [0.29, 0.717) is 18.8 Å². The van der Waals surface area contributed by atoms with Gasteiger partial charge in [0.2, 0.25) is 0 Å². The zero-order valence-corrected chi connectivity index (χ0v) is 14.0. The maximum Gasteiger partial charge on any atom is 0.289 e. The topological polar surface area (TPSA) is 79.2 Å². The summed E-state index contributed by atoms with van der Waals surface area (Å²) in [4.78, 5) is 34.1. The largest absolute Gasteiger partial charge is 0.456 e. The van der Waals surface area contributed by atoms with Gasteiger partial charge in [-0.15, -0.1) is 0 Å². The molecule has 1 fully saturated rings. The van der Waals surface area contributed by atoms with Crippen molar-refractivity contribution in [3.05, 3.63) is 64.0 Å². The zero-order valence-electron chi connectivity index (χ0n) is 14.0. The first-order valence-electron chi connectivity index (χ1n) is 8.46. The van der Waals surface area contributed by atoms with Gasteiger partial charge in [0.05, 0.1) is 11.0 Å². The van der Waals surface area contributed by atoms with Gasteiger partial charge in [-0.1, -0.05) is 12.1 Å². The van der Waals surface area contributed by atoms with Crippen molar-refractivity contribution in [2.45, 2.75) is 25.7 Å². The van der Waals surface area contributed by atoms with Crippen molar-refractivity contribution < 1.29 is 9.21 Å². The average molecular weight is 337 g/mol. The molecule has 6 heteroatoms. The Balaban J connectivity index is 1.58. The molecule has 1 aliphatic heterocycles. The van der Waals surface area contributed by atoms with Crippen LogP contribution in [-0.4, -0.2) is 33.9 Å². The molecule has 1 amide bonds. The van der Waals surface area contributed by atoms with E-state index in [-0.39, 0.29) is 23.0 Å². The predicted octanol–water partition coefficient (Wildman–Crippen LogP) is 2.84. The molecule has 25 heavy (non-hydrogen) atoms. The Labute approximate surface area is 144 Å². The minimum Gasteiger partial charge on any atom is -0.456 e. The fourth-order valence-electron chi connectivity index (χ4n) is 3.42. The smallest absolute Gasteiger partial charge is 0.289 e. The Morgan fingerprint density at radius 1 is 1.32 bits per heavy atom. The number of hydrogen-bond donors (Lipinski definition) is 1. The summed E-state index contributed by atoms with van der Waals surface area (Å²) in [5.41, 5.74) is 1.73. The van der Waals surface area contributed by atoms with Crippen molar-refractivity contribution in [2.75, 3.05) is 13.1 Å². The number of aryl methyl sites for hydroxylation is 1. The standard InChI is InChI=1S/C19H19N3O3/c1-12-9-14(23)10-17(25-12)19(24)22-8-4-5-13(11-22)18-20-15-6-2-3-7-16(15)21-18/h2-3,6-7,9-10,13H,4-5,8,11H2,1H3,(H,20,21). The number of likely N-dealkylation sites (tertiary alicyclic amines) is 1. The van der Waals surface area contributed by atoms with Crippen LogP contribution in [0.25, 0.3) is 11.0 Å². The van der Waals surface area contributed by atoms with Crippen molar-refractivity contribution in [3.8, 4) is 0 Å². The van der Waals surface area contributed by atoms with E-state index in [9.17, 15) is 9.59 Å². The fraction of sp³-hybridized carbons (Fsp3) is 0.316. The highest BCUT2D eigenvalue weighted by atomic mass is 16.3. The van der Waals surface area contributed by atoms with Crippen LogP contribution in [0, 0.1) is 6.92 Å². The number of carbonyl (C=O) groups is 1. The molecule has 0 radical (unpaired) electrons. The first-order valence-corrected chi connectivity index (χ1v) is 8.46. The van der Waals surface area contributed by atoms with Crippen LogP contribution in [0.4, 0.5) is 0 Å². The number of hydrogen-bond acceptors (Lipinski definition) is 4. The van der Waals surface area contributed by atoms with Crippen molar-refractivity contribution in [1.82, 2.24) is 14.9 Å². The number of piperidine rings is 1. The number of aromatic nitrogens is 2. The van der Waals surface area contributed by atoms with Crippen LogP contribution in [0.15, 0.2) is 45.6 Å². The van der Waals surface area contributed by atoms with Gasteiger partial charge in [0.25, 0.3) is 5.91 Å². The second-order valence-electron chi connectivity index (χ2n) is 6.50. The fourth-order valence-corrected chi connectivity index (χ4v) is 3.42. The summed E-state index contributed by atoms with van der Waals surface area (Å²) in [6.07, 6.45) is 1.87. The lowest BCUT2D eigenvalue weighted by atomic mass is 9.97. The van der Waals surface area contributed by atoms with Gasteiger partial charge >= 0.3 is 0 Å². The molecule has 128 valence electrons. The van der Waals surface area contributed by atoms with Gasteiger partial charge in [0, 0.05) is 31.1 Å². The number of aromatic amines is 1. The summed E-state index contributed by atoms with van der Waals surface area (Å²) in [7, 11) is 0. The van der Waals surface area contributed by atoms with Crippen molar-refractivity contribution >= 4 is 16.9 Å². The molecule has 2 aromatic heterocycles. The van der Waals surface area contributed by atoms with E-state index in [1.807, 2.05) is 24.3 Å². The molecule has 1 aromatic carbocycles. The monoisotopic (exact) mass is 337 g/mol. The van der Waals surface area contributed by atoms with E-state index >= 15 is 0 Å². The molecule has 1 atom stereocenters. The number of H-pyrrole nitrogens is 1. The number of nitrogens with one attached hydrogen (secondary N) is 1. The first kappa shape index (κ1) is 15.6. The lowest BCUT2D eigenvalue weighted by Gasteiger charge is -2.31. The third-order valence-corrected chi connectivity index (χ3v) is 4.60. The quantitative estimate of drug-likeness (QED) is 0.780. The lowest BCUT2D eigenvalue weighted by Crippen LogP contribution is -2.39. The van der Waals surface area contributed by atoms with Crippen molar-refractivity contribution in [1.29, 1.82) is 0 Å². The highest BCUT2D eigenvalue weighted by Gasteiger charge is 2.28. The van der Waals surface area contributed by atoms with Crippen molar-refractivity contribution in [3.63, 3.8) is 0 Å². The van der Waals surface area contributed by atoms with E-state index in [2.05, 4.69) is 9.97 Å². The highest BCUT2D eigenvalue weighted by Crippen LogP contribution is 2.27. The van der Waals surface area contributed by atoms with Crippen LogP contribution < -0.4 is 5.43 Å². The van der Waals surface area contributed by atoms with E-state index in [1.165, 1.54) is 12.1 Å². The number of nitrogens with zero attached hydrogens (tertiary/aromatic N) is 2. The summed E-state index contributed by atoms with van der Waals surface area (Å²) < 4.78 is 5.45. The van der Waals surface area contributed by atoms with Gasteiger partial charge < -0.3 is 14.3 Å². The molecule has 0 aliphatic carbocycles. The molecule has 0 spiro atoms. The SMILES string of the molecule is Cc1cc(=O)cc(C(=O)N2CCCC(c3nc4ccccc4[nH]3)C2)o1. The second-order valence-corrected chi connectivity index (χ2v) is 6.50. The number of rotatable bonds is 2. The van der Waals surface area contributed by atoms with Crippen LogP contribution in [0.2, 0.25) is 0 Å². The molecule has 3 aromatic rings. The van der Waals surface area contributed by atoms with Gasteiger partial charge in [-0.05, 0) is 31.9 Å². The Morgan fingerprint density at radius 2 is 2.16 bits per heavy atom. The van der Waals surface area contributed by atoms with Crippen LogP contribution in [0.1, 0.15) is 40.9 Å². The summed E-state index contributed by atoms with van der Waals surface area (Å²) in [5, 5.41) is 0. The van der Waals surface area contributed by atoms with Crippen LogP contribution in [0.3, 0.4) is 0 Å². The molecule has 1 aliphatic rings. The maximum atomic E-state index is 12.7. The molecule has 0 bridgehead atoms. The number of imidazole rings is 1. The molecular weight excluding hydrogens is 318 g/mol. The average Bonchev–Trinajstić information content (AvgIpc) is 3.04. The minimum absolute atomic E-state index is 0.107. The van der Waals surface area contributed by atoms with Gasteiger partial charge in [0.15, 0.2) is 11.2 Å². The van der Waals surface area contributed by atoms with Gasteiger partial charge in [0.1, 0.15) is 11.6 Å². The molecule has 4 rings (SSSR count). The van der Waals surface area contributed by atoms with Crippen LogP contribution in [0.5, 0.6) is 0 Å². The molecule has 0 saturated carbocycles. The summed E-state index contributed by atoms with van der Waals surface area (Å²) in [5.74, 6) is 1.38. The summed E-state index contributed by atoms with van der Waals surface area (Å²) in [6, 6.07) is 10.6. The van der Waals surface area contributed by atoms with Crippen molar-refractivity contribution in [2.24, 2.45) is 0 Å². The predicted molar refractivity (Wildman–Crippen MR) is 93.7 cm³/mol. The zero-order chi connectivity index (χ0) is 17.4. The molecule has 1 N–H and O–H groups in total. The van der Waals surface area contributed by atoms with Gasteiger partial charge in [-0.2, -0.15) is 0 Å². The van der Waals surface area contributed by atoms with E-state index in [0.717, 1.165) is 29.7 Å². The van der Waals surface area contributed by atoms with Crippen LogP contribution >= 0.6 is 0 Å². The number of para-hydroxylation sites is 2. The summed E-state index contributed by atoms with van der Waals surface area (Å²) >= 11 is 0. The summed E-state index contributed by atoms with van der Waals surface area (Å²) in [6.45, 7) is 2.90. The van der Waals surface area contributed by atoms with E-state index in [4.69, 9.17) is 4.42 Å². The Morgan fingerprint density at radius 3 is 2.96 bits per heavy atom. The highest BCUT2D eigenvalue weighted by molar-refractivity contribution is 5.91. The molecule has 6 nitrogen and oxygen atoms in total.